The van der Waals surface area contributed by atoms with Crippen LogP contribution in [0.25, 0.3) is 34.2 Å². The summed E-state index contributed by atoms with van der Waals surface area (Å²) in [4.78, 5) is 0. The lowest BCUT2D eigenvalue weighted by Crippen LogP contribution is -1.90. The van der Waals surface area contributed by atoms with Gasteiger partial charge in [-0.25, -0.2) is 0 Å². The van der Waals surface area contributed by atoms with Crippen molar-refractivity contribution in [3.8, 4) is 11.1 Å². The van der Waals surface area contributed by atoms with Gasteiger partial charge in [0.15, 0.2) is 0 Å². The van der Waals surface area contributed by atoms with Crippen molar-refractivity contribution < 1.29 is 4.42 Å². The van der Waals surface area contributed by atoms with Gasteiger partial charge in [-0.05, 0) is 25.1 Å². The molecule has 0 fully saturated rings. The van der Waals surface area contributed by atoms with Crippen molar-refractivity contribution in [2.75, 3.05) is 5.73 Å². The number of halogens is 1. The number of benzene rings is 2. The zero-order valence-corrected chi connectivity index (χ0v) is 13.9. The molecule has 0 saturated heterocycles. The molecule has 3 aromatic rings. The third-order valence-corrected chi connectivity index (χ3v) is 4.10. The van der Waals surface area contributed by atoms with Crippen LogP contribution in [0.4, 0.5) is 5.69 Å². The summed E-state index contributed by atoms with van der Waals surface area (Å²) in [6.07, 6.45) is 5.78. The van der Waals surface area contributed by atoms with Gasteiger partial charge >= 0.3 is 0 Å². The number of nitrogen functional groups attached to an aromatic ring is 1. The first-order chi connectivity index (χ1) is 10.7. The second-order valence-electron chi connectivity index (χ2n) is 5.00. The van der Waals surface area contributed by atoms with Gasteiger partial charge in [0.05, 0.1) is 0 Å². The van der Waals surface area contributed by atoms with Gasteiger partial charge in [-0.3, -0.25) is 0 Å². The number of para-hydroxylation sites is 1. The summed E-state index contributed by atoms with van der Waals surface area (Å²) in [6, 6.07) is 12.0. The molecule has 110 valence electrons. The van der Waals surface area contributed by atoms with Gasteiger partial charge in [0, 0.05) is 32.2 Å². The molecular formula is C19H16BrNO. The smallest absolute Gasteiger partial charge is 0.143 e. The van der Waals surface area contributed by atoms with Gasteiger partial charge in [0.25, 0.3) is 0 Å². The number of rotatable bonds is 3. The monoisotopic (exact) mass is 353 g/mol. The standard InChI is InChI=1S/C19H16BrNO/c1-3-6-14-16-8-5-7-15(19(16)22-18(14)4-2)13-10-9-12(20)11-17(13)21/h3-11H,2,21H2,1H3/b6-3-. The maximum absolute atomic E-state index is 6.17. The number of nitrogens with two attached hydrogens (primary N) is 1. The summed E-state index contributed by atoms with van der Waals surface area (Å²) in [6.45, 7) is 5.83. The SMILES string of the molecule is C=Cc1oc2c(-c3ccc(Br)cc3N)cccc2c1/C=C\C. The largest absolute Gasteiger partial charge is 0.455 e. The predicted octanol–water partition coefficient (Wildman–Crippen LogP) is 6.12. The van der Waals surface area contributed by atoms with Crippen LogP contribution in [-0.2, 0) is 0 Å². The molecular weight excluding hydrogens is 338 g/mol. The Balaban J connectivity index is 2.34. The Bertz CT molecular complexity index is 890. The molecule has 0 bridgehead atoms. The van der Waals surface area contributed by atoms with Crippen molar-refractivity contribution in [1.29, 1.82) is 0 Å². The number of hydrogen-bond acceptors (Lipinski definition) is 2. The van der Waals surface area contributed by atoms with E-state index in [1.165, 1.54) is 0 Å². The highest BCUT2D eigenvalue weighted by Gasteiger charge is 2.15. The van der Waals surface area contributed by atoms with E-state index in [0.717, 1.165) is 37.9 Å². The number of furan rings is 1. The molecule has 0 unspecified atom stereocenters. The molecule has 0 aliphatic carbocycles. The third kappa shape index (κ3) is 2.38. The van der Waals surface area contributed by atoms with Crippen LogP contribution in [0.2, 0.25) is 0 Å². The van der Waals surface area contributed by atoms with Gasteiger partial charge in [0.2, 0.25) is 0 Å². The Hall–Kier alpha value is -2.26. The molecule has 0 amide bonds. The summed E-state index contributed by atoms with van der Waals surface area (Å²) in [7, 11) is 0. The van der Waals surface area contributed by atoms with Crippen molar-refractivity contribution in [3.05, 3.63) is 64.8 Å². The van der Waals surface area contributed by atoms with Gasteiger partial charge in [-0.1, -0.05) is 58.9 Å². The van der Waals surface area contributed by atoms with Crippen molar-refractivity contribution in [2.24, 2.45) is 0 Å². The second-order valence-corrected chi connectivity index (χ2v) is 5.91. The molecule has 1 aromatic heterocycles. The lowest BCUT2D eigenvalue weighted by molar-refractivity contribution is 0.604. The lowest BCUT2D eigenvalue weighted by atomic mass is 10.00. The molecule has 0 atom stereocenters. The fraction of sp³-hybridized carbons (Fsp3) is 0.0526. The predicted molar refractivity (Wildman–Crippen MR) is 98.6 cm³/mol. The average molecular weight is 354 g/mol. The van der Waals surface area contributed by atoms with Crippen molar-refractivity contribution in [3.63, 3.8) is 0 Å². The van der Waals surface area contributed by atoms with E-state index < -0.39 is 0 Å². The van der Waals surface area contributed by atoms with Crippen LogP contribution >= 0.6 is 15.9 Å². The third-order valence-electron chi connectivity index (χ3n) is 3.61. The van der Waals surface area contributed by atoms with Gasteiger partial charge < -0.3 is 10.2 Å². The van der Waals surface area contributed by atoms with E-state index in [1.54, 1.807) is 6.08 Å². The first-order valence-corrected chi connectivity index (χ1v) is 7.81. The molecule has 1 heterocycles. The minimum Gasteiger partial charge on any atom is -0.455 e. The molecule has 0 radical (unpaired) electrons. The van der Waals surface area contributed by atoms with E-state index in [0.29, 0.717) is 5.69 Å². The Morgan fingerprint density at radius 1 is 1.18 bits per heavy atom. The molecule has 0 saturated carbocycles. The van der Waals surface area contributed by atoms with Crippen LogP contribution in [0, 0.1) is 0 Å². The summed E-state index contributed by atoms with van der Waals surface area (Å²) >= 11 is 3.44. The molecule has 3 rings (SSSR count). The topological polar surface area (TPSA) is 39.2 Å². The van der Waals surface area contributed by atoms with Crippen LogP contribution in [-0.4, -0.2) is 0 Å². The highest BCUT2D eigenvalue weighted by atomic mass is 79.9. The fourth-order valence-corrected chi connectivity index (χ4v) is 3.02. The highest BCUT2D eigenvalue weighted by Crippen LogP contribution is 2.38. The minimum atomic E-state index is 0.714. The second kappa shape index (κ2) is 5.85. The Morgan fingerprint density at radius 2 is 2.00 bits per heavy atom. The Labute approximate surface area is 138 Å². The molecule has 2 N–H and O–H groups in total. The van der Waals surface area contributed by atoms with E-state index in [9.17, 15) is 0 Å². The van der Waals surface area contributed by atoms with Crippen molar-refractivity contribution in [2.45, 2.75) is 6.92 Å². The first-order valence-electron chi connectivity index (χ1n) is 7.01. The molecule has 2 aromatic carbocycles. The van der Waals surface area contributed by atoms with E-state index >= 15 is 0 Å². The molecule has 0 aliphatic heterocycles. The van der Waals surface area contributed by atoms with E-state index in [1.807, 2.05) is 49.4 Å². The highest BCUT2D eigenvalue weighted by molar-refractivity contribution is 9.10. The molecule has 3 heteroatoms. The van der Waals surface area contributed by atoms with Crippen molar-refractivity contribution in [1.82, 2.24) is 0 Å². The van der Waals surface area contributed by atoms with Crippen LogP contribution in [0.3, 0.4) is 0 Å². The van der Waals surface area contributed by atoms with E-state index in [2.05, 4.69) is 28.6 Å². The first kappa shape index (κ1) is 14.7. The average Bonchev–Trinajstić information content (AvgIpc) is 2.86. The zero-order valence-electron chi connectivity index (χ0n) is 12.3. The zero-order chi connectivity index (χ0) is 15.7. The maximum atomic E-state index is 6.17. The maximum Gasteiger partial charge on any atom is 0.143 e. The quantitative estimate of drug-likeness (QED) is 0.576. The molecule has 22 heavy (non-hydrogen) atoms. The van der Waals surface area contributed by atoms with E-state index in [-0.39, 0.29) is 0 Å². The number of fused-ring (bicyclic) bond motifs is 1. The van der Waals surface area contributed by atoms with Crippen LogP contribution in [0.1, 0.15) is 18.2 Å². The van der Waals surface area contributed by atoms with Crippen molar-refractivity contribution >= 4 is 44.7 Å². The van der Waals surface area contributed by atoms with Gasteiger partial charge in [-0.2, -0.15) is 0 Å². The summed E-state index contributed by atoms with van der Waals surface area (Å²) in [5, 5.41) is 1.06. The lowest BCUT2D eigenvalue weighted by Gasteiger charge is -2.07. The van der Waals surface area contributed by atoms with Crippen LogP contribution < -0.4 is 5.73 Å². The number of anilines is 1. The number of hydrogen-bond donors (Lipinski definition) is 1. The summed E-state index contributed by atoms with van der Waals surface area (Å²) < 4.78 is 7.00. The van der Waals surface area contributed by atoms with Crippen LogP contribution in [0.15, 0.2) is 57.9 Å². The minimum absolute atomic E-state index is 0.714. The fourth-order valence-electron chi connectivity index (χ4n) is 2.64. The van der Waals surface area contributed by atoms with E-state index in [4.69, 9.17) is 10.2 Å². The summed E-state index contributed by atoms with van der Waals surface area (Å²) in [5.74, 6) is 0.774. The van der Waals surface area contributed by atoms with Gasteiger partial charge in [-0.15, -0.1) is 0 Å². The molecule has 2 nitrogen and oxygen atoms in total. The Kier molecular flexibility index (Phi) is 3.90. The van der Waals surface area contributed by atoms with Crippen LogP contribution in [0.5, 0.6) is 0 Å². The normalized spacial score (nSPS) is 11.4. The Morgan fingerprint density at radius 3 is 2.68 bits per heavy atom. The number of allylic oxidation sites excluding steroid dienone is 1. The van der Waals surface area contributed by atoms with Gasteiger partial charge in [0.1, 0.15) is 11.3 Å². The molecule has 0 spiro atoms. The molecule has 0 aliphatic rings. The summed E-state index contributed by atoms with van der Waals surface area (Å²) in [5.41, 5.74) is 10.7.